The summed E-state index contributed by atoms with van der Waals surface area (Å²) < 4.78 is 41.3. The summed E-state index contributed by atoms with van der Waals surface area (Å²) in [5.74, 6) is 0.345. The molecule has 0 aliphatic rings. The van der Waals surface area contributed by atoms with Gasteiger partial charge >= 0.3 is 6.18 Å². The number of alkyl halides is 3. The lowest BCUT2D eigenvalue weighted by molar-refractivity contribution is -0.138. The normalized spacial score (nSPS) is 12.0. The monoisotopic (exact) mass is 413 g/mol. The molecule has 30 heavy (non-hydrogen) atoms. The first-order valence-corrected chi connectivity index (χ1v) is 9.19. The summed E-state index contributed by atoms with van der Waals surface area (Å²) >= 11 is 0. The van der Waals surface area contributed by atoms with Gasteiger partial charge in [-0.25, -0.2) is 9.67 Å². The van der Waals surface area contributed by atoms with E-state index in [0.29, 0.717) is 16.9 Å². The molecule has 0 fully saturated rings. The number of H-pyrrole nitrogens is 1. The number of rotatable bonds is 5. The SMILES string of the molecule is CN(Cc1nc2c(cnn2-c2ccccc2)c(=O)[nH]1)Cc1ccccc1C(F)(F)F. The molecule has 154 valence electrons. The number of fused-ring (bicyclic) bond motifs is 1. The Morgan fingerprint density at radius 1 is 1.03 bits per heavy atom. The van der Waals surface area contributed by atoms with Crippen LogP contribution in [-0.2, 0) is 19.3 Å². The lowest BCUT2D eigenvalue weighted by Gasteiger charge is -2.19. The summed E-state index contributed by atoms with van der Waals surface area (Å²) in [5.41, 5.74) is 0.287. The lowest BCUT2D eigenvalue weighted by atomic mass is 10.1. The van der Waals surface area contributed by atoms with Crippen molar-refractivity contribution in [3.63, 3.8) is 0 Å². The lowest BCUT2D eigenvalue weighted by Crippen LogP contribution is -2.23. The third kappa shape index (κ3) is 3.97. The number of nitrogens with one attached hydrogen (secondary N) is 1. The molecule has 0 radical (unpaired) electrons. The van der Waals surface area contributed by atoms with Gasteiger partial charge in [-0.3, -0.25) is 9.69 Å². The highest BCUT2D eigenvalue weighted by molar-refractivity contribution is 5.75. The van der Waals surface area contributed by atoms with Gasteiger partial charge in [-0.05, 0) is 30.8 Å². The van der Waals surface area contributed by atoms with Gasteiger partial charge < -0.3 is 4.98 Å². The zero-order valence-electron chi connectivity index (χ0n) is 16.0. The summed E-state index contributed by atoms with van der Waals surface area (Å²) in [7, 11) is 1.67. The van der Waals surface area contributed by atoms with Gasteiger partial charge in [0, 0.05) is 6.54 Å². The van der Waals surface area contributed by atoms with Crippen molar-refractivity contribution in [1.29, 1.82) is 0 Å². The zero-order chi connectivity index (χ0) is 21.3. The highest BCUT2D eigenvalue weighted by Gasteiger charge is 2.33. The van der Waals surface area contributed by atoms with E-state index < -0.39 is 11.7 Å². The minimum atomic E-state index is -4.43. The van der Waals surface area contributed by atoms with Gasteiger partial charge in [0.2, 0.25) is 0 Å². The summed E-state index contributed by atoms with van der Waals surface area (Å²) in [6.07, 6.45) is -2.98. The van der Waals surface area contributed by atoms with Crippen molar-refractivity contribution < 1.29 is 13.2 Å². The van der Waals surface area contributed by atoms with Crippen LogP contribution in [0.4, 0.5) is 13.2 Å². The second kappa shape index (κ2) is 7.75. The molecule has 0 bridgehead atoms. The smallest absolute Gasteiger partial charge is 0.309 e. The molecule has 0 amide bonds. The molecular weight excluding hydrogens is 395 g/mol. The molecule has 6 nitrogen and oxygen atoms in total. The number of para-hydroxylation sites is 1. The summed E-state index contributed by atoms with van der Waals surface area (Å²) in [6, 6.07) is 14.7. The van der Waals surface area contributed by atoms with Crippen LogP contribution in [0.3, 0.4) is 0 Å². The van der Waals surface area contributed by atoms with Crippen LogP contribution in [0.1, 0.15) is 17.0 Å². The van der Waals surface area contributed by atoms with Crippen molar-refractivity contribution in [1.82, 2.24) is 24.6 Å². The molecular formula is C21H18F3N5O. The molecule has 0 aliphatic heterocycles. The highest BCUT2D eigenvalue weighted by Crippen LogP contribution is 2.32. The van der Waals surface area contributed by atoms with Gasteiger partial charge in [-0.1, -0.05) is 36.4 Å². The maximum Gasteiger partial charge on any atom is 0.416 e. The van der Waals surface area contributed by atoms with Gasteiger partial charge in [0.05, 0.1) is 24.0 Å². The number of hydrogen-bond acceptors (Lipinski definition) is 4. The first kappa shape index (κ1) is 19.8. The van der Waals surface area contributed by atoms with E-state index in [-0.39, 0.29) is 24.2 Å². The maximum atomic E-state index is 13.2. The number of nitrogens with zero attached hydrogens (tertiary/aromatic N) is 4. The van der Waals surface area contributed by atoms with Crippen LogP contribution in [0.2, 0.25) is 0 Å². The van der Waals surface area contributed by atoms with Crippen molar-refractivity contribution in [3.8, 4) is 5.69 Å². The molecule has 4 aromatic rings. The average molecular weight is 413 g/mol. The van der Waals surface area contributed by atoms with E-state index in [1.165, 1.54) is 18.3 Å². The summed E-state index contributed by atoms with van der Waals surface area (Å²) in [6.45, 7) is 0.215. The molecule has 2 aromatic carbocycles. The van der Waals surface area contributed by atoms with Gasteiger partial charge in [-0.2, -0.15) is 18.3 Å². The molecule has 1 N–H and O–H groups in total. The van der Waals surface area contributed by atoms with E-state index in [0.717, 1.165) is 11.8 Å². The summed E-state index contributed by atoms with van der Waals surface area (Å²) in [4.78, 5) is 21.3. The topological polar surface area (TPSA) is 66.8 Å². The molecule has 0 aliphatic carbocycles. The fourth-order valence-electron chi connectivity index (χ4n) is 3.33. The van der Waals surface area contributed by atoms with Crippen LogP contribution in [0.5, 0.6) is 0 Å². The number of halogens is 3. The van der Waals surface area contributed by atoms with E-state index in [4.69, 9.17) is 0 Å². The molecule has 0 atom stereocenters. The Hall–Kier alpha value is -3.46. The predicted molar refractivity (Wildman–Crippen MR) is 106 cm³/mol. The Labute approximate surface area is 169 Å². The number of aromatic nitrogens is 4. The largest absolute Gasteiger partial charge is 0.416 e. The number of hydrogen-bond donors (Lipinski definition) is 1. The van der Waals surface area contributed by atoms with Crippen molar-refractivity contribution in [2.75, 3.05) is 7.05 Å². The summed E-state index contributed by atoms with van der Waals surface area (Å²) in [5, 5.41) is 4.59. The van der Waals surface area contributed by atoms with E-state index in [9.17, 15) is 18.0 Å². The van der Waals surface area contributed by atoms with Crippen LogP contribution < -0.4 is 5.56 Å². The quantitative estimate of drug-likeness (QED) is 0.541. The van der Waals surface area contributed by atoms with Crippen LogP contribution >= 0.6 is 0 Å². The second-order valence-electron chi connectivity index (χ2n) is 6.97. The number of benzene rings is 2. The van der Waals surface area contributed by atoms with Crippen molar-refractivity contribution in [3.05, 3.63) is 88.1 Å². The van der Waals surface area contributed by atoms with Gasteiger partial charge in [0.15, 0.2) is 5.65 Å². The molecule has 4 rings (SSSR count). The van der Waals surface area contributed by atoms with E-state index in [1.54, 1.807) is 22.7 Å². The molecule has 0 unspecified atom stereocenters. The number of aromatic amines is 1. The predicted octanol–water partition coefficient (Wildman–Crippen LogP) is 3.76. The van der Waals surface area contributed by atoms with E-state index in [1.807, 2.05) is 30.3 Å². The Morgan fingerprint density at radius 2 is 1.73 bits per heavy atom. The average Bonchev–Trinajstić information content (AvgIpc) is 3.12. The van der Waals surface area contributed by atoms with Crippen molar-refractivity contribution >= 4 is 11.0 Å². The fourth-order valence-corrected chi connectivity index (χ4v) is 3.33. The highest BCUT2D eigenvalue weighted by atomic mass is 19.4. The standard InChI is InChI=1S/C21H18F3N5O/c1-28(12-14-7-5-6-10-17(14)21(22,23)24)13-18-26-19-16(20(30)27-18)11-25-29(19)15-8-3-2-4-9-15/h2-11H,12-13H2,1H3,(H,26,27,30). The Kier molecular flexibility index (Phi) is 5.13. The first-order chi connectivity index (χ1) is 14.3. The van der Waals surface area contributed by atoms with Crippen LogP contribution in [0, 0.1) is 0 Å². The molecule has 0 saturated carbocycles. The third-order valence-electron chi connectivity index (χ3n) is 4.67. The molecule has 0 saturated heterocycles. The zero-order valence-corrected chi connectivity index (χ0v) is 16.0. The molecule has 2 heterocycles. The van der Waals surface area contributed by atoms with Crippen LogP contribution in [-0.4, -0.2) is 31.7 Å². The molecule has 0 spiro atoms. The van der Waals surface area contributed by atoms with E-state index in [2.05, 4.69) is 15.1 Å². The van der Waals surface area contributed by atoms with Crippen molar-refractivity contribution in [2.45, 2.75) is 19.3 Å². The Morgan fingerprint density at radius 3 is 2.47 bits per heavy atom. The van der Waals surface area contributed by atoms with E-state index >= 15 is 0 Å². The molecule has 9 heteroatoms. The van der Waals surface area contributed by atoms with Crippen molar-refractivity contribution in [2.24, 2.45) is 0 Å². The van der Waals surface area contributed by atoms with Crippen LogP contribution in [0.15, 0.2) is 65.6 Å². The Bertz CT molecular complexity index is 1230. The Balaban J connectivity index is 1.63. The molecule has 2 aromatic heterocycles. The van der Waals surface area contributed by atoms with Crippen LogP contribution in [0.25, 0.3) is 16.7 Å². The fraction of sp³-hybridized carbons (Fsp3) is 0.190. The first-order valence-electron chi connectivity index (χ1n) is 9.19. The van der Waals surface area contributed by atoms with Gasteiger partial charge in [0.25, 0.3) is 5.56 Å². The minimum absolute atomic E-state index is 0.0510. The van der Waals surface area contributed by atoms with Gasteiger partial charge in [-0.15, -0.1) is 0 Å². The maximum absolute atomic E-state index is 13.2. The second-order valence-corrected chi connectivity index (χ2v) is 6.97. The van der Waals surface area contributed by atoms with Gasteiger partial charge in [0.1, 0.15) is 11.2 Å². The third-order valence-corrected chi connectivity index (χ3v) is 4.67. The minimum Gasteiger partial charge on any atom is -0.309 e.